The number of quaternary nitrogens is 1. The van der Waals surface area contributed by atoms with Crippen LogP contribution < -0.4 is 0 Å². The molecule has 0 bridgehead atoms. The predicted molar refractivity (Wildman–Crippen MR) is 83.6 cm³/mol. The molecular formula is C15H30NO4S+. The van der Waals surface area contributed by atoms with E-state index in [-0.39, 0.29) is 5.75 Å². The number of rotatable bonds is 10. The van der Waals surface area contributed by atoms with Gasteiger partial charge in [0, 0.05) is 31.1 Å². The molecule has 1 fully saturated rings. The standard InChI is InChI=1S/C15H29NO4S/c1-3-14-12-16(8-5-6-10-17,13-15(14)4-2)9-7-11-21(18,19)20/h10,14-15H,3-9,11-13H2,1-2H3/p+1. The van der Waals surface area contributed by atoms with Crippen molar-refractivity contribution in [2.75, 3.05) is 31.9 Å². The van der Waals surface area contributed by atoms with Gasteiger partial charge in [0.1, 0.15) is 6.29 Å². The van der Waals surface area contributed by atoms with Crippen LogP contribution in [-0.4, -0.2) is 55.7 Å². The lowest BCUT2D eigenvalue weighted by atomic mass is 9.92. The van der Waals surface area contributed by atoms with Crippen molar-refractivity contribution in [1.82, 2.24) is 0 Å². The lowest BCUT2D eigenvalue weighted by Gasteiger charge is -2.35. The van der Waals surface area contributed by atoms with Crippen LogP contribution in [0.1, 0.15) is 46.0 Å². The van der Waals surface area contributed by atoms with E-state index < -0.39 is 10.1 Å². The van der Waals surface area contributed by atoms with Crippen LogP contribution in [0.3, 0.4) is 0 Å². The second-order valence-electron chi connectivity index (χ2n) is 6.44. The highest BCUT2D eigenvalue weighted by Crippen LogP contribution is 2.34. The third-order valence-corrected chi connectivity index (χ3v) is 5.75. The Morgan fingerprint density at radius 1 is 1.10 bits per heavy atom. The van der Waals surface area contributed by atoms with E-state index in [9.17, 15) is 13.2 Å². The van der Waals surface area contributed by atoms with E-state index in [1.165, 1.54) is 0 Å². The number of likely N-dealkylation sites (tertiary alicyclic amines) is 1. The molecular weight excluding hydrogens is 290 g/mol. The van der Waals surface area contributed by atoms with Crippen molar-refractivity contribution >= 4 is 16.4 Å². The van der Waals surface area contributed by atoms with Crippen molar-refractivity contribution in [2.45, 2.75) is 46.0 Å². The van der Waals surface area contributed by atoms with Crippen molar-refractivity contribution < 1.29 is 22.2 Å². The fourth-order valence-corrected chi connectivity index (χ4v) is 4.36. The van der Waals surface area contributed by atoms with Crippen molar-refractivity contribution in [2.24, 2.45) is 11.8 Å². The molecule has 0 aromatic heterocycles. The van der Waals surface area contributed by atoms with Gasteiger partial charge in [0.15, 0.2) is 0 Å². The van der Waals surface area contributed by atoms with E-state index in [4.69, 9.17) is 4.55 Å². The first-order valence-corrected chi connectivity index (χ1v) is 9.70. The van der Waals surface area contributed by atoms with Crippen LogP contribution in [-0.2, 0) is 14.9 Å². The molecule has 1 saturated heterocycles. The minimum atomic E-state index is -3.87. The minimum absolute atomic E-state index is 0.158. The Morgan fingerprint density at radius 3 is 2.05 bits per heavy atom. The number of unbranched alkanes of at least 4 members (excludes halogenated alkanes) is 1. The maximum Gasteiger partial charge on any atom is 0.265 e. The Balaban J connectivity index is 2.69. The molecule has 0 spiro atoms. The van der Waals surface area contributed by atoms with Gasteiger partial charge in [-0.1, -0.05) is 13.8 Å². The first-order chi connectivity index (χ1) is 9.86. The summed E-state index contributed by atoms with van der Waals surface area (Å²) in [6.07, 6.45) is 5.20. The molecule has 5 nitrogen and oxygen atoms in total. The van der Waals surface area contributed by atoms with Gasteiger partial charge in [-0.15, -0.1) is 0 Å². The zero-order chi connectivity index (χ0) is 15.9. The summed E-state index contributed by atoms with van der Waals surface area (Å²) in [7, 11) is -3.87. The topological polar surface area (TPSA) is 71.4 Å². The van der Waals surface area contributed by atoms with Crippen LogP contribution >= 0.6 is 0 Å². The lowest BCUT2D eigenvalue weighted by Crippen LogP contribution is -2.48. The van der Waals surface area contributed by atoms with E-state index >= 15 is 0 Å². The molecule has 1 aliphatic heterocycles. The van der Waals surface area contributed by atoms with E-state index in [0.717, 1.165) is 56.2 Å². The van der Waals surface area contributed by atoms with Gasteiger partial charge in [-0.2, -0.15) is 8.42 Å². The third kappa shape index (κ3) is 6.04. The Labute approximate surface area is 129 Å². The van der Waals surface area contributed by atoms with Gasteiger partial charge in [0.05, 0.1) is 31.9 Å². The van der Waals surface area contributed by atoms with Gasteiger partial charge in [-0.05, 0) is 12.8 Å². The summed E-state index contributed by atoms with van der Waals surface area (Å²) in [6.45, 7) is 8.33. The van der Waals surface area contributed by atoms with E-state index in [2.05, 4.69) is 13.8 Å². The van der Waals surface area contributed by atoms with Crippen molar-refractivity contribution in [3.63, 3.8) is 0 Å². The molecule has 2 unspecified atom stereocenters. The summed E-state index contributed by atoms with van der Waals surface area (Å²) in [4.78, 5) is 10.6. The molecule has 0 aromatic rings. The predicted octanol–water partition coefficient (Wildman–Crippen LogP) is 2.13. The zero-order valence-corrected chi connectivity index (χ0v) is 14.1. The maximum absolute atomic E-state index is 10.9. The first-order valence-electron chi connectivity index (χ1n) is 8.09. The van der Waals surface area contributed by atoms with Gasteiger partial charge in [0.25, 0.3) is 10.1 Å². The number of carbonyl (C=O) groups is 1. The summed E-state index contributed by atoms with van der Waals surface area (Å²) >= 11 is 0. The van der Waals surface area contributed by atoms with E-state index in [1.807, 2.05) is 0 Å². The second kappa shape index (κ2) is 8.25. The van der Waals surface area contributed by atoms with E-state index in [1.54, 1.807) is 0 Å². The average Bonchev–Trinajstić information content (AvgIpc) is 2.76. The zero-order valence-electron chi connectivity index (χ0n) is 13.3. The molecule has 2 atom stereocenters. The molecule has 124 valence electrons. The summed E-state index contributed by atoms with van der Waals surface area (Å²) in [5, 5.41) is 0. The van der Waals surface area contributed by atoms with Gasteiger partial charge in [0.2, 0.25) is 0 Å². The van der Waals surface area contributed by atoms with Gasteiger partial charge >= 0.3 is 0 Å². The lowest BCUT2D eigenvalue weighted by molar-refractivity contribution is -0.919. The summed E-state index contributed by atoms with van der Waals surface area (Å²) in [6, 6.07) is 0. The largest absolute Gasteiger partial charge is 0.323 e. The summed E-state index contributed by atoms with van der Waals surface area (Å²) < 4.78 is 31.6. The van der Waals surface area contributed by atoms with Gasteiger partial charge < -0.3 is 9.28 Å². The SMILES string of the molecule is CCC1C[N+](CCCC=O)(CCCS(=O)(=O)O)CC1CC. The third-order valence-electron chi connectivity index (χ3n) is 4.95. The molecule has 0 amide bonds. The van der Waals surface area contributed by atoms with Crippen LogP contribution in [0.4, 0.5) is 0 Å². The van der Waals surface area contributed by atoms with Gasteiger partial charge in [-0.25, -0.2) is 0 Å². The number of nitrogens with zero attached hydrogens (tertiary/aromatic N) is 1. The highest BCUT2D eigenvalue weighted by Gasteiger charge is 2.42. The molecule has 0 saturated carbocycles. The Kier molecular flexibility index (Phi) is 7.30. The number of carbonyl (C=O) groups excluding carboxylic acids is 1. The molecule has 0 aliphatic carbocycles. The van der Waals surface area contributed by atoms with E-state index in [0.29, 0.717) is 24.7 Å². The van der Waals surface area contributed by atoms with Crippen LogP contribution in [0.25, 0.3) is 0 Å². The molecule has 1 N–H and O–H groups in total. The van der Waals surface area contributed by atoms with Crippen LogP contribution in [0.15, 0.2) is 0 Å². The van der Waals surface area contributed by atoms with Crippen molar-refractivity contribution in [1.29, 1.82) is 0 Å². The molecule has 1 heterocycles. The maximum atomic E-state index is 10.9. The number of hydrogen-bond acceptors (Lipinski definition) is 3. The number of aldehydes is 1. The van der Waals surface area contributed by atoms with Crippen molar-refractivity contribution in [3.05, 3.63) is 0 Å². The summed E-state index contributed by atoms with van der Waals surface area (Å²) in [5.74, 6) is 1.22. The fraction of sp³-hybridized carbons (Fsp3) is 0.933. The quantitative estimate of drug-likeness (QED) is 0.290. The fourth-order valence-electron chi connectivity index (χ4n) is 3.86. The Morgan fingerprint density at radius 2 is 1.62 bits per heavy atom. The normalized spacial score (nSPS) is 29.7. The average molecular weight is 320 g/mol. The van der Waals surface area contributed by atoms with Crippen LogP contribution in [0.5, 0.6) is 0 Å². The molecule has 0 aromatic carbocycles. The smallest absolute Gasteiger partial charge is 0.265 e. The highest BCUT2D eigenvalue weighted by atomic mass is 32.2. The Bertz CT molecular complexity index is 409. The van der Waals surface area contributed by atoms with Gasteiger partial charge in [-0.3, -0.25) is 4.55 Å². The summed E-state index contributed by atoms with van der Waals surface area (Å²) in [5.41, 5.74) is 0. The monoisotopic (exact) mass is 320 g/mol. The van der Waals surface area contributed by atoms with Crippen LogP contribution in [0, 0.1) is 11.8 Å². The number of hydrogen-bond donors (Lipinski definition) is 1. The minimum Gasteiger partial charge on any atom is -0.323 e. The molecule has 1 rings (SSSR count). The molecule has 21 heavy (non-hydrogen) atoms. The van der Waals surface area contributed by atoms with Crippen molar-refractivity contribution in [3.8, 4) is 0 Å². The Hall–Kier alpha value is -0.460. The highest BCUT2D eigenvalue weighted by molar-refractivity contribution is 7.85. The molecule has 0 radical (unpaired) electrons. The molecule has 1 aliphatic rings. The van der Waals surface area contributed by atoms with Crippen LogP contribution in [0.2, 0.25) is 0 Å². The molecule has 6 heteroatoms. The first kappa shape index (κ1) is 18.6. The second-order valence-corrected chi connectivity index (χ2v) is 8.01.